The van der Waals surface area contributed by atoms with Gasteiger partial charge < -0.3 is 0 Å². The van der Waals surface area contributed by atoms with E-state index in [4.69, 9.17) is 0 Å². The normalized spacial score (nSPS) is 11.6. The third-order valence-corrected chi connectivity index (χ3v) is 6.85. The largest absolute Gasteiger partial charge is 0.287 e. The molecule has 0 N–H and O–H groups in total. The molecule has 0 bridgehead atoms. The number of nitro benzene ring substituents is 2. The molecule has 0 saturated heterocycles. The van der Waals surface area contributed by atoms with Crippen molar-refractivity contribution in [1.82, 2.24) is 0 Å². The fraction of sp³-hybridized carbons (Fsp3) is 0.455. The number of nitrogens with zero attached hydrogens (tertiary/aromatic N) is 2. The third-order valence-electron chi connectivity index (χ3n) is 4.32. The highest BCUT2D eigenvalue weighted by atomic mass is 32.2. The van der Waals surface area contributed by atoms with Gasteiger partial charge in [-0.1, -0.05) is 52.5 Å². The average molecular weight is 453 g/mol. The van der Waals surface area contributed by atoms with E-state index in [0.29, 0.717) is 0 Å². The molecule has 0 aliphatic carbocycles. The van der Waals surface area contributed by atoms with E-state index in [1.165, 1.54) is 45.0 Å². The van der Waals surface area contributed by atoms with Crippen molar-refractivity contribution >= 4 is 21.2 Å². The number of nitro groups is 2. The maximum absolute atomic E-state index is 12.1. The van der Waals surface area contributed by atoms with Gasteiger partial charge in [-0.15, -0.1) is 0 Å². The molecule has 31 heavy (non-hydrogen) atoms. The topological polar surface area (TPSA) is 120 Å². The lowest BCUT2D eigenvalue weighted by molar-refractivity contribution is -0.387. The molecule has 0 fully saturated rings. The van der Waals surface area contributed by atoms with E-state index in [9.17, 15) is 28.6 Å². The first-order chi connectivity index (χ1) is 13.5. The van der Waals surface area contributed by atoms with Crippen LogP contribution in [0.5, 0.6) is 0 Å². The lowest BCUT2D eigenvalue weighted by Gasteiger charge is -2.18. The Kier molecular flexibility index (Phi) is 9.09. The molecule has 0 aliphatic rings. The van der Waals surface area contributed by atoms with Gasteiger partial charge in [-0.3, -0.25) is 20.2 Å². The molecule has 2 aromatic rings. The molecule has 0 atom stereocenters. The molecule has 0 heterocycles. The fourth-order valence-corrected chi connectivity index (χ4v) is 3.93. The van der Waals surface area contributed by atoms with E-state index in [1.807, 2.05) is 39.8 Å². The molecule has 172 valence electrons. The van der Waals surface area contributed by atoms with Crippen LogP contribution >= 0.6 is 0 Å². The van der Waals surface area contributed by atoms with Crippen LogP contribution in [0.3, 0.4) is 0 Å². The van der Waals surface area contributed by atoms with Crippen molar-refractivity contribution in [2.75, 3.05) is 0 Å². The van der Waals surface area contributed by atoms with E-state index in [1.54, 1.807) is 6.07 Å². The minimum atomic E-state index is -3.69. The second-order valence-corrected chi connectivity index (χ2v) is 11.5. The summed E-state index contributed by atoms with van der Waals surface area (Å²) in [6.45, 7) is 12.3. The SMILES string of the molecule is C.CC(C)(C)S(=O)(=O)c1ccccc1[N+](=O)[O-].Cc1ccc(C(C)(C)C)c([N+](=O)[O-])c1. The summed E-state index contributed by atoms with van der Waals surface area (Å²) in [6, 6.07) is 10.8. The number of sulfone groups is 1. The summed E-state index contributed by atoms with van der Waals surface area (Å²) >= 11 is 0. The summed E-state index contributed by atoms with van der Waals surface area (Å²) in [7, 11) is -3.69. The molecule has 0 unspecified atom stereocenters. The standard InChI is InChI=1S/C11H15NO2.C10H13NO4S.CH4/c1-8-5-6-9(11(2,3)4)10(7-8)12(13)14;1-10(2,3)16(14,15)9-7-5-4-6-8(9)11(12)13;/h5-7H,1-4H3;4-7H,1-3H3;1H4. The number of para-hydroxylation sites is 1. The molecule has 0 amide bonds. The van der Waals surface area contributed by atoms with Gasteiger partial charge in [0.1, 0.15) is 4.90 Å². The van der Waals surface area contributed by atoms with E-state index in [-0.39, 0.29) is 34.0 Å². The molecule has 0 radical (unpaired) electrons. The Bertz CT molecular complexity index is 1050. The number of hydrogen-bond acceptors (Lipinski definition) is 6. The van der Waals surface area contributed by atoms with Gasteiger partial charge in [0.25, 0.3) is 11.4 Å². The smallest absolute Gasteiger partial charge is 0.258 e. The summed E-state index contributed by atoms with van der Waals surface area (Å²) in [5.74, 6) is 0. The van der Waals surface area contributed by atoms with Crippen LogP contribution in [-0.4, -0.2) is 23.0 Å². The molecule has 0 spiro atoms. The van der Waals surface area contributed by atoms with Gasteiger partial charge >= 0.3 is 0 Å². The number of benzene rings is 2. The molecule has 8 nitrogen and oxygen atoms in total. The van der Waals surface area contributed by atoms with Crippen LogP contribution in [0, 0.1) is 27.2 Å². The van der Waals surface area contributed by atoms with Gasteiger partial charge in [-0.25, -0.2) is 8.42 Å². The fourth-order valence-electron chi connectivity index (χ4n) is 2.59. The van der Waals surface area contributed by atoms with Crippen molar-refractivity contribution in [2.45, 2.75) is 71.0 Å². The van der Waals surface area contributed by atoms with Crippen LogP contribution in [0.15, 0.2) is 47.4 Å². The minimum absolute atomic E-state index is 0. The quantitative estimate of drug-likeness (QED) is 0.416. The molecule has 0 aromatic heterocycles. The highest BCUT2D eigenvalue weighted by Crippen LogP contribution is 2.32. The first kappa shape index (κ1) is 28.2. The number of hydrogen-bond donors (Lipinski definition) is 0. The molecule has 2 rings (SSSR count). The Hall–Kier alpha value is -2.81. The summed E-state index contributed by atoms with van der Waals surface area (Å²) in [5.41, 5.74) is 1.36. The van der Waals surface area contributed by atoms with E-state index < -0.39 is 19.5 Å². The number of rotatable bonds is 3. The zero-order valence-electron chi connectivity index (χ0n) is 18.3. The predicted octanol–water partition coefficient (Wildman–Crippen LogP) is 6.00. The van der Waals surface area contributed by atoms with Gasteiger partial charge in [0.2, 0.25) is 0 Å². The maximum atomic E-state index is 12.1. The van der Waals surface area contributed by atoms with Crippen molar-refractivity contribution in [3.63, 3.8) is 0 Å². The molecule has 0 aliphatic heterocycles. The third kappa shape index (κ3) is 6.85. The second kappa shape index (κ2) is 10.00. The van der Waals surface area contributed by atoms with Crippen molar-refractivity contribution in [3.05, 3.63) is 73.8 Å². The molecular weight excluding hydrogens is 420 g/mol. The molecule has 9 heteroatoms. The van der Waals surface area contributed by atoms with Crippen LogP contribution < -0.4 is 0 Å². The highest BCUT2D eigenvalue weighted by molar-refractivity contribution is 7.92. The van der Waals surface area contributed by atoms with Crippen molar-refractivity contribution in [3.8, 4) is 0 Å². The Labute approximate surface area is 184 Å². The van der Waals surface area contributed by atoms with Gasteiger partial charge in [0.05, 0.1) is 14.6 Å². The van der Waals surface area contributed by atoms with Gasteiger partial charge in [0.15, 0.2) is 9.84 Å². The Morgan fingerprint density at radius 2 is 1.29 bits per heavy atom. The maximum Gasteiger partial charge on any atom is 0.287 e. The average Bonchev–Trinajstić information content (AvgIpc) is 2.60. The molecule has 2 aromatic carbocycles. The van der Waals surface area contributed by atoms with Crippen molar-refractivity contribution in [2.24, 2.45) is 0 Å². The van der Waals surface area contributed by atoms with Crippen LogP contribution in [0.2, 0.25) is 0 Å². The van der Waals surface area contributed by atoms with Gasteiger partial charge in [-0.2, -0.15) is 0 Å². The zero-order chi connectivity index (χ0) is 23.5. The van der Waals surface area contributed by atoms with Crippen molar-refractivity contribution in [1.29, 1.82) is 0 Å². The van der Waals surface area contributed by atoms with Crippen molar-refractivity contribution < 1.29 is 18.3 Å². The number of aryl methyl sites for hydroxylation is 1. The second-order valence-electron chi connectivity index (χ2n) is 8.87. The summed E-state index contributed by atoms with van der Waals surface area (Å²) in [4.78, 5) is 20.3. The lowest BCUT2D eigenvalue weighted by Crippen LogP contribution is -2.28. The van der Waals surface area contributed by atoms with E-state index in [2.05, 4.69) is 0 Å². The molecule has 0 saturated carbocycles. The van der Waals surface area contributed by atoms with E-state index in [0.717, 1.165) is 11.1 Å². The molecular formula is C22H32N2O6S. The van der Waals surface area contributed by atoms with Gasteiger partial charge in [0, 0.05) is 17.7 Å². The first-order valence-corrected chi connectivity index (χ1v) is 10.7. The lowest BCUT2D eigenvalue weighted by atomic mass is 9.85. The minimum Gasteiger partial charge on any atom is -0.258 e. The zero-order valence-corrected chi connectivity index (χ0v) is 19.1. The summed E-state index contributed by atoms with van der Waals surface area (Å²) in [6.07, 6.45) is 0. The predicted molar refractivity (Wildman–Crippen MR) is 123 cm³/mol. The first-order valence-electron chi connectivity index (χ1n) is 9.23. The van der Waals surface area contributed by atoms with Crippen LogP contribution in [-0.2, 0) is 15.3 Å². The monoisotopic (exact) mass is 452 g/mol. The van der Waals surface area contributed by atoms with E-state index >= 15 is 0 Å². The summed E-state index contributed by atoms with van der Waals surface area (Å²) in [5, 5.41) is 21.6. The summed E-state index contributed by atoms with van der Waals surface area (Å²) < 4.78 is 23.1. The van der Waals surface area contributed by atoms with Gasteiger partial charge in [-0.05, 0) is 44.7 Å². The Balaban J connectivity index is 0.000000567. The Morgan fingerprint density at radius 1 is 0.806 bits per heavy atom. The highest BCUT2D eigenvalue weighted by Gasteiger charge is 2.35. The van der Waals surface area contributed by atoms with Crippen LogP contribution in [0.25, 0.3) is 0 Å². The van der Waals surface area contributed by atoms with Crippen LogP contribution in [0.4, 0.5) is 11.4 Å². The Morgan fingerprint density at radius 3 is 1.71 bits per heavy atom. The van der Waals surface area contributed by atoms with Crippen LogP contribution in [0.1, 0.15) is 60.1 Å².